The summed E-state index contributed by atoms with van der Waals surface area (Å²) in [6, 6.07) is 23.3. The molecule has 4 aliphatic rings. The first-order valence-corrected chi connectivity index (χ1v) is 21.8. The average Bonchev–Trinajstić information content (AvgIpc) is 4.07. The van der Waals surface area contributed by atoms with Crippen molar-refractivity contribution in [2.45, 2.75) is 76.8 Å². The molecule has 1 aliphatic heterocycles. The van der Waals surface area contributed by atoms with Crippen LogP contribution >= 0.6 is 24.0 Å². The highest BCUT2D eigenvalue weighted by Crippen LogP contribution is 2.50. The number of benzene rings is 3. The minimum atomic E-state index is -0.762. The van der Waals surface area contributed by atoms with E-state index < -0.39 is 12.1 Å². The number of carbonyl (C=O) groups is 3. The van der Waals surface area contributed by atoms with Crippen LogP contribution in [0.3, 0.4) is 0 Å². The lowest BCUT2D eigenvalue weighted by Gasteiger charge is -2.30. The predicted molar refractivity (Wildman–Crippen MR) is 234 cm³/mol. The van der Waals surface area contributed by atoms with E-state index in [0.717, 1.165) is 46.2 Å². The van der Waals surface area contributed by atoms with Crippen LogP contribution in [0.25, 0.3) is 28.5 Å². The summed E-state index contributed by atoms with van der Waals surface area (Å²) in [6.45, 7) is 4.56. The third-order valence-electron chi connectivity index (χ3n) is 12.2. The zero-order valence-electron chi connectivity index (χ0n) is 34.0. The maximum Gasteiger partial charge on any atom is 0.407 e. The molecule has 1 saturated heterocycles. The standard InChI is InChI=1S/C47H51N3O7S2/c1-27(2)18-39(49-46(53)56-26-38-36-13-7-5-11-34(36)35-12-6-8-14-37(35)38)44(51)48-17-9-10-30-23-41(31-21-32(54-3)24-33(22-31)55-4)57-42(30)25-43-45(52)50(47(58)59-43)40-20-28-15-16-29(40)19-28/h5-8,11-14,21-25,27-29,38-40H,9-10,15-20,26H2,1-4H3,(H,48,51)(H,49,53)/b43-25-/t28?,29?,39-,40?/m0/s1. The van der Waals surface area contributed by atoms with E-state index in [1.54, 1.807) is 20.3 Å². The number of fused-ring (bicyclic) bond motifs is 5. The Bertz CT molecular complexity index is 2220. The van der Waals surface area contributed by atoms with Crippen molar-refractivity contribution in [3.05, 3.63) is 100 Å². The van der Waals surface area contributed by atoms with Crippen molar-refractivity contribution in [2.75, 3.05) is 27.4 Å². The van der Waals surface area contributed by atoms with Gasteiger partial charge in [0.15, 0.2) is 0 Å². The van der Waals surface area contributed by atoms with E-state index in [2.05, 4.69) is 34.9 Å². The number of hydrogen-bond acceptors (Lipinski definition) is 9. The number of alkyl carbamates (subject to hydrolysis) is 1. The number of rotatable bonds is 15. The summed E-state index contributed by atoms with van der Waals surface area (Å²) < 4.78 is 23.9. The summed E-state index contributed by atoms with van der Waals surface area (Å²) in [7, 11) is 3.20. The van der Waals surface area contributed by atoms with Crippen LogP contribution in [-0.2, 0) is 20.7 Å². The molecule has 308 valence electrons. The van der Waals surface area contributed by atoms with Crippen LogP contribution in [0.2, 0.25) is 0 Å². The molecule has 8 rings (SSSR count). The van der Waals surface area contributed by atoms with Crippen molar-refractivity contribution in [1.29, 1.82) is 0 Å². The molecule has 3 unspecified atom stereocenters. The van der Waals surface area contributed by atoms with Gasteiger partial charge in [-0.2, -0.15) is 0 Å². The van der Waals surface area contributed by atoms with Crippen molar-refractivity contribution < 1.29 is 33.0 Å². The highest BCUT2D eigenvalue weighted by atomic mass is 32.2. The normalized spacial score (nSPS) is 20.6. The molecule has 3 aromatic carbocycles. The lowest BCUT2D eigenvalue weighted by molar-refractivity contribution is -0.124. The number of thioether (sulfide) groups is 1. The molecule has 1 aromatic heterocycles. The van der Waals surface area contributed by atoms with Gasteiger partial charge in [0.1, 0.15) is 40.0 Å². The summed E-state index contributed by atoms with van der Waals surface area (Å²) in [5, 5.41) is 5.88. The fourth-order valence-corrected chi connectivity index (χ4v) is 10.7. The van der Waals surface area contributed by atoms with Crippen molar-refractivity contribution in [2.24, 2.45) is 17.8 Å². The molecule has 10 nitrogen and oxygen atoms in total. The van der Waals surface area contributed by atoms with E-state index in [1.807, 2.05) is 67.3 Å². The van der Waals surface area contributed by atoms with Crippen LogP contribution < -0.4 is 20.1 Å². The molecule has 59 heavy (non-hydrogen) atoms. The Balaban J connectivity index is 0.932. The smallest absolute Gasteiger partial charge is 0.407 e. The van der Waals surface area contributed by atoms with Gasteiger partial charge in [-0.15, -0.1) is 0 Å². The van der Waals surface area contributed by atoms with Crippen LogP contribution in [0.4, 0.5) is 4.79 Å². The van der Waals surface area contributed by atoms with E-state index >= 15 is 0 Å². The van der Waals surface area contributed by atoms with Crippen LogP contribution in [0.1, 0.15) is 80.7 Å². The van der Waals surface area contributed by atoms with E-state index in [-0.39, 0.29) is 36.3 Å². The number of carbonyl (C=O) groups excluding carboxylic acids is 3. The Morgan fingerprint density at radius 1 is 0.966 bits per heavy atom. The lowest BCUT2D eigenvalue weighted by Crippen LogP contribution is -2.48. The molecule has 2 N–H and O–H groups in total. The lowest BCUT2D eigenvalue weighted by atomic mass is 9.94. The van der Waals surface area contributed by atoms with Crippen molar-refractivity contribution >= 4 is 52.3 Å². The number of ether oxygens (including phenoxy) is 3. The van der Waals surface area contributed by atoms with Gasteiger partial charge in [-0.25, -0.2) is 4.79 Å². The minimum absolute atomic E-state index is 0.0585. The molecule has 0 spiro atoms. The van der Waals surface area contributed by atoms with Crippen molar-refractivity contribution in [3.8, 4) is 33.9 Å². The Morgan fingerprint density at radius 2 is 1.66 bits per heavy atom. The topological polar surface area (TPSA) is 119 Å². The van der Waals surface area contributed by atoms with Gasteiger partial charge in [-0.1, -0.05) is 92.8 Å². The minimum Gasteiger partial charge on any atom is -0.497 e. The fraction of sp³-hybridized carbons (Fsp3) is 0.404. The van der Waals surface area contributed by atoms with E-state index in [4.69, 9.17) is 30.8 Å². The molecular formula is C47H51N3O7S2. The molecule has 3 fully saturated rings. The Morgan fingerprint density at radius 3 is 2.29 bits per heavy atom. The van der Waals surface area contributed by atoms with E-state index in [0.29, 0.717) is 69.9 Å². The fourth-order valence-electron chi connectivity index (χ4n) is 9.36. The second-order valence-corrected chi connectivity index (χ2v) is 18.1. The number of nitrogens with zero attached hydrogens (tertiary/aromatic N) is 1. The number of nitrogens with one attached hydrogen (secondary N) is 2. The van der Waals surface area contributed by atoms with Gasteiger partial charge in [-0.05, 0) is 102 Å². The zero-order valence-corrected chi connectivity index (χ0v) is 35.6. The number of amides is 3. The van der Waals surface area contributed by atoms with Gasteiger partial charge in [0.05, 0.1) is 19.1 Å². The van der Waals surface area contributed by atoms with Crippen molar-refractivity contribution in [1.82, 2.24) is 15.5 Å². The predicted octanol–water partition coefficient (Wildman–Crippen LogP) is 9.36. The third-order valence-corrected chi connectivity index (χ3v) is 13.5. The molecule has 2 bridgehead atoms. The molecule has 2 heterocycles. The highest BCUT2D eigenvalue weighted by Gasteiger charge is 2.48. The summed E-state index contributed by atoms with van der Waals surface area (Å²) in [4.78, 5) is 43.1. The summed E-state index contributed by atoms with van der Waals surface area (Å²) in [5.41, 5.74) is 6.20. The first-order valence-electron chi connectivity index (χ1n) is 20.6. The molecular weight excluding hydrogens is 783 g/mol. The number of aryl methyl sites for hydroxylation is 1. The molecule has 2 saturated carbocycles. The highest BCUT2D eigenvalue weighted by molar-refractivity contribution is 8.26. The largest absolute Gasteiger partial charge is 0.497 e. The van der Waals surface area contributed by atoms with E-state index in [9.17, 15) is 14.4 Å². The van der Waals surface area contributed by atoms with Gasteiger partial charge in [-0.3, -0.25) is 14.5 Å². The second-order valence-electron chi connectivity index (χ2n) is 16.4. The zero-order chi connectivity index (χ0) is 41.2. The van der Waals surface area contributed by atoms with E-state index in [1.165, 1.54) is 24.6 Å². The van der Waals surface area contributed by atoms with Gasteiger partial charge in [0, 0.05) is 36.2 Å². The van der Waals surface area contributed by atoms with Gasteiger partial charge >= 0.3 is 6.09 Å². The number of furan rings is 1. The van der Waals surface area contributed by atoms with Crippen LogP contribution in [0.15, 0.2) is 82.1 Å². The molecule has 4 atom stereocenters. The molecule has 3 amide bonds. The maximum atomic E-state index is 13.9. The quantitative estimate of drug-likeness (QED) is 0.0686. The SMILES string of the molecule is COc1cc(OC)cc(-c2cc(CCCNC(=O)[C@H](CC(C)C)NC(=O)OCC3c4ccccc4-c4ccccc43)c(/C=C3\SC(=S)N(C4CC5CCC4C5)C3=O)o2)c1. The number of thiocarbonyl (C=S) groups is 1. The van der Waals surface area contributed by atoms with Gasteiger partial charge < -0.3 is 29.3 Å². The summed E-state index contributed by atoms with van der Waals surface area (Å²) >= 11 is 7.11. The van der Waals surface area contributed by atoms with Crippen molar-refractivity contribution in [3.63, 3.8) is 0 Å². The maximum absolute atomic E-state index is 13.9. The van der Waals surface area contributed by atoms with Crippen LogP contribution in [0, 0.1) is 17.8 Å². The summed E-state index contributed by atoms with van der Waals surface area (Å²) in [5.74, 6) is 3.35. The summed E-state index contributed by atoms with van der Waals surface area (Å²) in [6.07, 6.45) is 7.38. The molecule has 3 aliphatic carbocycles. The third kappa shape index (κ3) is 8.66. The van der Waals surface area contributed by atoms with Crippen LogP contribution in [-0.4, -0.2) is 66.6 Å². The van der Waals surface area contributed by atoms with Gasteiger partial charge in [0.25, 0.3) is 5.91 Å². The Kier molecular flexibility index (Phi) is 12.2. The molecule has 12 heteroatoms. The second kappa shape index (κ2) is 17.6. The Hall–Kier alpha value is -5.07. The average molecular weight is 834 g/mol. The molecule has 0 radical (unpaired) electrons. The Labute approximate surface area is 355 Å². The molecule has 4 aromatic rings. The monoisotopic (exact) mass is 833 g/mol. The first-order chi connectivity index (χ1) is 28.6. The number of hydrogen-bond donors (Lipinski definition) is 2. The number of methoxy groups -OCH3 is 2. The van der Waals surface area contributed by atoms with Crippen LogP contribution in [0.5, 0.6) is 11.5 Å². The van der Waals surface area contributed by atoms with Gasteiger partial charge in [0.2, 0.25) is 5.91 Å². The first kappa shape index (κ1) is 40.7.